The first-order valence-corrected chi connectivity index (χ1v) is 6.93. The van der Waals surface area contributed by atoms with Crippen molar-refractivity contribution in [2.24, 2.45) is 5.73 Å². The van der Waals surface area contributed by atoms with E-state index in [9.17, 15) is 4.79 Å². The molecule has 1 unspecified atom stereocenters. The maximum atomic E-state index is 11.5. The lowest BCUT2D eigenvalue weighted by molar-refractivity contribution is -0.121. The van der Waals surface area contributed by atoms with Crippen molar-refractivity contribution in [1.29, 1.82) is 0 Å². The van der Waals surface area contributed by atoms with Gasteiger partial charge in [-0.25, -0.2) is 0 Å². The van der Waals surface area contributed by atoms with Crippen LogP contribution in [0, 0.1) is 0 Å². The Morgan fingerprint density at radius 1 is 1.35 bits per heavy atom. The van der Waals surface area contributed by atoms with Crippen molar-refractivity contribution in [3.8, 4) is 0 Å². The highest BCUT2D eigenvalue weighted by molar-refractivity contribution is 5.75. The number of nitrogens with one attached hydrogen (secondary N) is 1. The normalized spacial score (nSPS) is 18.9. The van der Waals surface area contributed by atoms with E-state index in [2.05, 4.69) is 10.2 Å². The lowest BCUT2D eigenvalue weighted by atomic mass is 10.1. The molecule has 1 heterocycles. The lowest BCUT2D eigenvalue weighted by Gasteiger charge is -2.26. The summed E-state index contributed by atoms with van der Waals surface area (Å²) in [7, 11) is 0. The molecule has 100 valence electrons. The Labute approximate surface area is 105 Å². The predicted molar refractivity (Wildman–Crippen MR) is 70.8 cm³/mol. The first-order chi connectivity index (χ1) is 8.18. The molecule has 0 aromatic heterocycles. The summed E-state index contributed by atoms with van der Waals surface area (Å²) in [4.78, 5) is 13.9. The van der Waals surface area contributed by atoms with Gasteiger partial charge in [0.2, 0.25) is 5.91 Å². The van der Waals surface area contributed by atoms with Gasteiger partial charge in [0.15, 0.2) is 0 Å². The van der Waals surface area contributed by atoms with E-state index in [0.29, 0.717) is 6.42 Å². The largest absolute Gasteiger partial charge is 0.355 e. The molecule has 4 nitrogen and oxygen atoms in total. The number of hydrogen-bond acceptors (Lipinski definition) is 3. The zero-order valence-corrected chi connectivity index (χ0v) is 11.1. The second-order valence-electron chi connectivity index (χ2n) is 5.12. The van der Waals surface area contributed by atoms with Crippen LogP contribution in [0.1, 0.15) is 45.4 Å². The second kappa shape index (κ2) is 8.48. The lowest BCUT2D eigenvalue weighted by Crippen LogP contribution is -2.37. The molecule has 1 aliphatic rings. The highest BCUT2D eigenvalue weighted by Crippen LogP contribution is 2.07. The number of carbonyl (C=O) groups excluding carboxylic acids is 1. The molecule has 1 amide bonds. The molecule has 0 saturated carbocycles. The number of piperidine rings is 1. The molecular formula is C13H27N3O. The van der Waals surface area contributed by atoms with Crippen LogP contribution >= 0.6 is 0 Å². The number of amides is 1. The minimum Gasteiger partial charge on any atom is -0.355 e. The van der Waals surface area contributed by atoms with E-state index in [0.717, 1.165) is 25.9 Å². The molecule has 0 aliphatic carbocycles. The summed E-state index contributed by atoms with van der Waals surface area (Å²) >= 11 is 0. The molecule has 0 aromatic carbocycles. The van der Waals surface area contributed by atoms with E-state index >= 15 is 0 Å². The van der Waals surface area contributed by atoms with Gasteiger partial charge in [-0.05, 0) is 45.7 Å². The van der Waals surface area contributed by atoms with Crippen molar-refractivity contribution in [1.82, 2.24) is 10.2 Å². The van der Waals surface area contributed by atoms with Gasteiger partial charge in [-0.1, -0.05) is 6.42 Å². The van der Waals surface area contributed by atoms with E-state index in [4.69, 9.17) is 5.73 Å². The number of nitrogens with two attached hydrogens (primary N) is 1. The van der Waals surface area contributed by atoms with Gasteiger partial charge in [-0.3, -0.25) is 4.79 Å². The smallest absolute Gasteiger partial charge is 0.220 e. The zero-order chi connectivity index (χ0) is 12.5. The summed E-state index contributed by atoms with van der Waals surface area (Å²) in [5.74, 6) is 0.169. The SMILES string of the molecule is CC(N)CCCC(=O)NCCN1CCCCC1. The minimum absolute atomic E-state index is 0.169. The molecule has 0 radical (unpaired) electrons. The third-order valence-electron chi connectivity index (χ3n) is 3.26. The fraction of sp³-hybridized carbons (Fsp3) is 0.923. The summed E-state index contributed by atoms with van der Waals surface area (Å²) in [5, 5.41) is 2.98. The molecule has 1 aliphatic heterocycles. The number of rotatable bonds is 7. The summed E-state index contributed by atoms with van der Waals surface area (Å²) in [6, 6.07) is 0.205. The average Bonchev–Trinajstić information content (AvgIpc) is 2.30. The maximum Gasteiger partial charge on any atom is 0.220 e. The number of likely N-dealkylation sites (tertiary alicyclic amines) is 1. The van der Waals surface area contributed by atoms with Crippen LogP contribution < -0.4 is 11.1 Å². The molecule has 1 rings (SSSR count). The van der Waals surface area contributed by atoms with Gasteiger partial charge in [-0.2, -0.15) is 0 Å². The van der Waals surface area contributed by atoms with E-state index in [1.165, 1.54) is 32.4 Å². The van der Waals surface area contributed by atoms with E-state index < -0.39 is 0 Å². The first-order valence-electron chi connectivity index (χ1n) is 6.93. The van der Waals surface area contributed by atoms with Crippen LogP contribution in [0.5, 0.6) is 0 Å². The van der Waals surface area contributed by atoms with Crippen molar-refractivity contribution in [3.05, 3.63) is 0 Å². The molecule has 0 aromatic rings. The van der Waals surface area contributed by atoms with Crippen molar-refractivity contribution >= 4 is 5.91 Å². The van der Waals surface area contributed by atoms with Gasteiger partial charge in [0.1, 0.15) is 0 Å². The molecule has 4 heteroatoms. The molecular weight excluding hydrogens is 214 g/mol. The minimum atomic E-state index is 0.169. The Bertz CT molecular complexity index is 213. The fourth-order valence-electron chi connectivity index (χ4n) is 2.21. The second-order valence-corrected chi connectivity index (χ2v) is 5.12. The first kappa shape index (κ1) is 14.5. The molecule has 1 atom stereocenters. The summed E-state index contributed by atoms with van der Waals surface area (Å²) in [6.45, 7) is 6.16. The molecule has 0 spiro atoms. The van der Waals surface area contributed by atoms with E-state index in [-0.39, 0.29) is 11.9 Å². The number of nitrogens with zero attached hydrogens (tertiary/aromatic N) is 1. The number of hydrogen-bond donors (Lipinski definition) is 2. The van der Waals surface area contributed by atoms with Crippen LogP contribution in [-0.2, 0) is 4.79 Å². The zero-order valence-electron chi connectivity index (χ0n) is 11.1. The predicted octanol–water partition coefficient (Wildman–Crippen LogP) is 1.11. The van der Waals surface area contributed by atoms with Crippen molar-refractivity contribution in [3.63, 3.8) is 0 Å². The Morgan fingerprint density at radius 2 is 2.06 bits per heavy atom. The highest BCUT2D eigenvalue weighted by Gasteiger charge is 2.09. The van der Waals surface area contributed by atoms with Crippen LogP contribution in [0.25, 0.3) is 0 Å². The standard InChI is InChI=1S/C13H27N3O/c1-12(14)6-5-7-13(17)15-8-11-16-9-3-2-4-10-16/h12H,2-11,14H2,1H3,(H,15,17). The summed E-state index contributed by atoms with van der Waals surface area (Å²) in [6.07, 6.45) is 6.42. The summed E-state index contributed by atoms with van der Waals surface area (Å²) in [5.41, 5.74) is 5.64. The van der Waals surface area contributed by atoms with Crippen LogP contribution in [-0.4, -0.2) is 43.0 Å². The fourth-order valence-corrected chi connectivity index (χ4v) is 2.21. The average molecular weight is 241 g/mol. The Balaban J connectivity index is 1.95. The van der Waals surface area contributed by atoms with Gasteiger partial charge in [0, 0.05) is 25.6 Å². The maximum absolute atomic E-state index is 11.5. The van der Waals surface area contributed by atoms with Gasteiger partial charge in [0.05, 0.1) is 0 Å². The van der Waals surface area contributed by atoms with Crippen LogP contribution in [0.15, 0.2) is 0 Å². The Kier molecular flexibility index (Phi) is 7.21. The Hall–Kier alpha value is -0.610. The van der Waals surface area contributed by atoms with Crippen LogP contribution in [0.3, 0.4) is 0 Å². The highest BCUT2D eigenvalue weighted by atomic mass is 16.1. The van der Waals surface area contributed by atoms with Gasteiger partial charge in [-0.15, -0.1) is 0 Å². The van der Waals surface area contributed by atoms with Gasteiger partial charge >= 0.3 is 0 Å². The molecule has 3 N–H and O–H groups in total. The van der Waals surface area contributed by atoms with E-state index in [1.807, 2.05) is 6.92 Å². The van der Waals surface area contributed by atoms with Crippen molar-refractivity contribution in [2.75, 3.05) is 26.2 Å². The van der Waals surface area contributed by atoms with Gasteiger partial charge in [0.25, 0.3) is 0 Å². The number of carbonyl (C=O) groups is 1. The van der Waals surface area contributed by atoms with Gasteiger partial charge < -0.3 is 16.0 Å². The van der Waals surface area contributed by atoms with Crippen molar-refractivity contribution in [2.45, 2.75) is 51.5 Å². The third-order valence-corrected chi connectivity index (χ3v) is 3.26. The topological polar surface area (TPSA) is 58.4 Å². The third kappa shape index (κ3) is 7.34. The van der Waals surface area contributed by atoms with Crippen LogP contribution in [0.2, 0.25) is 0 Å². The van der Waals surface area contributed by atoms with Crippen LogP contribution in [0.4, 0.5) is 0 Å². The quantitative estimate of drug-likeness (QED) is 0.702. The molecule has 0 bridgehead atoms. The molecule has 1 saturated heterocycles. The Morgan fingerprint density at radius 3 is 2.71 bits per heavy atom. The molecule has 17 heavy (non-hydrogen) atoms. The molecule has 1 fully saturated rings. The van der Waals surface area contributed by atoms with Crippen molar-refractivity contribution < 1.29 is 4.79 Å². The monoisotopic (exact) mass is 241 g/mol. The van der Waals surface area contributed by atoms with E-state index in [1.54, 1.807) is 0 Å². The summed E-state index contributed by atoms with van der Waals surface area (Å²) < 4.78 is 0.